The number of hydrogen-bond acceptors (Lipinski definition) is 5. The van der Waals surface area contributed by atoms with E-state index in [9.17, 15) is 5.11 Å². The van der Waals surface area contributed by atoms with E-state index in [0.717, 1.165) is 18.1 Å². The maximum absolute atomic E-state index is 9.19. The first kappa shape index (κ1) is 13.3. The molecule has 0 radical (unpaired) electrons. The van der Waals surface area contributed by atoms with Gasteiger partial charge in [0.1, 0.15) is 5.82 Å². The van der Waals surface area contributed by atoms with Crippen LogP contribution in [0.2, 0.25) is 5.02 Å². The number of aromatic nitrogens is 2. The summed E-state index contributed by atoms with van der Waals surface area (Å²) in [6, 6.07) is 1.80. The van der Waals surface area contributed by atoms with Crippen LogP contribution in [-0.4, -0.2) is 22.1 Å². The number of aliphatic hydroxyl groups excluding tert-OH is 1. The molecule has 0 amide bonds. The Labute approximate surface area is 115 Å². The zero-order chi connectivity index (χ0) is 13.1. The molecule has 2 aromatic rings. The first-order valence-electron chi connectivity index (χ1n) is 5.47. The predicted octanol–water partition coefficient (Wildman–Crippen LogP) is 2.63. The van der Waals surface area contributed by atoms with E-state index in [1.807, 2.05) is 24.4 Å². The van der Waals surface area contributed by atoms with Gasteiger partial charge in [0.2, 0.25) is 0 Å². The van der Waals surface area contributed by atoms with Crippen molar-refractivity contribution in [2.45, 2.75) is 20.1 Å². The number of anilines is 1. The van der Waals surface area contributed by atoms with Gasteiger partial charge in [0.05, 0.1) is 29.4 Å². The molecule has 2 aromatic heterocycles. The zero-order valence-corrected chi connectivity index (χ0v) is 11.8. The van der Waals surface area contributed by atoms with Gasteiger partial charge >= 0.3 is 0 Å². The summed E-state index contributed by atoms with van der Waals surface area (Å²) in [4.78, 5) is 11.7. The number of halogens is 1. The molecule has 0 aliphatic rings. The van der Waals surface area contributed by atoms with Gasteiger partial charge in [-0.1, -0.05) is 11.6 Å². The van der Waals surface area contributed by atoms with Crippen molar-refractivity contribution in [2.75, 3.05) is 11.9 Å². The van der Waals surface area contributed by atoms with Crippen LogP contribution < -0.4 is 4.90 Å². The van der Waals surface area contributed by atoms with Gasteiger partial charge in [-0.3, -0.25) is 0 Å². The Morgan fingerprint density at radius 3 is 2.83 bits per heavy atom. The van der Waals surface area contributed by atoms with Crippen LogP contribution in [-0.2, 0) is 13.2 Å². The maximum atomic E-state index is 9.19. The number of hydrogen-bond donors (Lipinski definition) is 1. The van der Waals surface area contributed by atoms with E-state index in [4.69, 9.17) is 11.6 Å². The molecule has 0 saturated heterocycles. The standard InChI is InChI=1S/C12H14ClN3OS/c1-8-11(18-7-15-8)5-16(2)12-3-9(6-17)10(13)4-14-12/h3-4,7,17H,5-6H2,1-2H3. The van der Waals surface area contributed by atoms with Crippen molar-refractivity contribution in [1.82, 2.24) is 9.97 Å². The normalized spacial score (nSPS) is 10.7. The van der Waals surface area contributed by atoms with E-state index in [1.54, 1.807) is 23.6 Å². The van der Waals surface area contributed by atoms with Gasteiger partial charge in [-0.05, 0) is 13.0 Å². The number of rotatable bonds is 4. The molecule has 0 fully saturated rings. The van der Waals surface area contributed by atoms with Crippen molar-refractivity contribution in [3.8, 4) is 0 Å². The predicted molar refractivity (Wildman–Crippen MR) is 74.1 cm³/mol. The summed E-state index contributed by atoms with van der Waals surface area (Å²) < 4.78 is 0. The summed E-state index contributed by atoms with van der Waals surface area (Å²) in [5, 5.41) is 9.68. The monoisotopic (exact) mass is 283 g/mol. The van der Waals surface area contributed by atoms with Crippen LogP contribution in [0.5, 0.6) is 0 Å². The highest BCUT2D eigenvalue weighted by molar-refractivity contribution is 7.09. The second kappa shape index (κ2) is 5.65. The molecule has 96 valence electrons. The van der Waals surface area contributed by atoms with E-state index in [-0.39, 0.29) is 6.61 Å². The Kier molecular flexibility index (Phi) is 4.16. The number of aryl methyl sites for hydroxylation is 1. The first-order valence-corrected chi connectivity index (χ1v) is 6.73. The molecule has 0 bridgehead atoms. The molecule has 0 saturated carbocycles. The van der Waals surface area contributed by atoms with Crippen molar-refractivity contribution < 1.29 is 5.11 Å². The molecule has 2 rings (SSSR count). The molecule has 18 heavy (non-hydrogen) atoms. The van der Waals surface area contributed by atoms with Crippen molar-refractivity contribution in [3.63, 3.8) is 0 Å². The van der Waals surface area contributed by atoms with Crippen LogP contribution in [0.1, 0.15) is 16.1 Å². The number of pyridine rings is 1. The van der Waals surface area contributed by atoms with E-state index in [2.05, 4.69) is 9.97 Å². The number of thiazole rings is 1. The van der Waals surface area contributed by atoms with E-state index in [0.29, 0.717) is 10.6 Å². The third-order valence-corrected chi connectivity index (χ3v) is 3.97. The van der Waals surface area contributed by atoms with Gasteiger partial charge in [0, 0.05) is 23.7 Å². The lowest BCUT2D eigenvalue weighted by Crippen LogP contribution is -2.17. The number of nitrogens with zero attached hydrogens (tertiary/aromatic N) is 3. The Balaban J connectivity index is 2.18. The summed E-state index contributed by atoms with van der Waals surface area (Å²) in [6.45, 7) is 2.66. The largest absolute Gasteiger partial charge is 0.392 e. The maximum Gasteiger partial charge on any atom is 0.129 e. The average molecular weight is 284 g/mol. The summed E-state index contributed by atoms with van der Waals surface area (Å²) in [6.07, 6.45) is 1.57. The van der Waals surface area contributed by atoms with Crippen LogP contribution in [0.15, 0.2) is 17.8 Å². The fourth-order valence-corrected chi connectivity index (χ4v) is 2.56. The van der Waals surface area contributed by atoms with Crippen LogP contribution >= 0.6 is 22.9 Å². The molecule has 2 heterocycles. The fraction of sp³-hybridized carbons (Fsp3) is 0.333. The molecule has 1 N–H and O–H groups in total. The second-order valence-corrected chi connectivity index (χ2v) is 5.36. The van der Waals surface area contributed by atoms with E-state index >= 15 is 0 Å². The molecule has 0 unspecified atom stereocenters. The fourth-order valence-electron chi connectivity index (χ4n) is 1.57. The molecule has 4 nitrogen and oxygen atoms in total. The molecule has 0 aliphatic carbocycles. The van der Waals surface area contributed by atoms with Gasteiger partial charge in [-0.15, -0.1) is 11.3 Å². The Morgan fingerprint density at radius 2 is 2.22 bits per heavy atom. The second-order valence-electron chi connectivity index (χ2n) is 4.01. The quantitative estimate of drug-likeness (QED) is 0.937. The summed E-state index contributed by atoms with van der Waals surface area (Å²) in [5.74, 6) is 0.788. The minimum atomic E-state index is -0.0816. The lowest BCUT2D eigenvalue weighted by atomic mass is 10.2. The average Bonchev–Trinajstić information content (AvgIpc) is 2.75. The van der Waals surface area contributed by atoms with Crippen LogP contribution in [0.3, 0.4) is 0 Å². The van der Waals surface area contributed by atoms with E-state index in [1.165, 1.54) is 4.88 Å². The Bertz CT molecular complexity index is 544. The van der Waals surface area contributed by atoms with Gasteiger partial charge < -0.3 is 10.0 Å². The van der Waals surface area contributed by atoms with Gasteiger partial charge in [-0.25, -0.2) is 9.97 Å². The van der Waals surface area contributed by atoms with Crippen molar-refractivity contribution in [1.29, 1.82) is 0 Å². The van der Waals surface area contributed by atoms with Gasteiger partial charge in [-0.2, -0.15) is 0 Å². The third-order valence-electron chi connectivity index (χ3n) is 2.71. The highest BCUT2D eigenvalue weighted by Gasteiger charge is 2.09. The molecular formula is C12H14ClN3OS. The molecule has 0 aliphatic heterocycles. The van der Waals surface area contributed by atoms with Crippen LogP contribution in [0.4, 0.5) is 5.82 Å². The van der Waals surface area contributed by atoms with Crippen molar-refractivity contribution >= 4 is 28.8 Å². The zero-order valence-electron chi connectivity index (χ0n) is 10.2. The van der Waals surface area contributed by atoms with Crippen molar-refractivity contribution in [3.05, 3.63) is 38.9 Å². The molecular weight excluding hydrogens is 270 g/mol. The minimum absolute atomic E-state index is 0.0816. The van der Waals surface area contributed by atoms with Gasteiger partial charge in [0.15, 0.2) is 0 Å². The Hall–Kier alpha value is -1.17. The van der Waals surface area contributed by atoms with Crippen LogP contribution in [0.25, 0.3) is 0 Å². The minimum Gasteiger partial charge on any atom is -0.392 e. The summed E-state index contributed by atoms with van der Waals surface area (Å²) in [5.41, 5.74) is 3.57. The summed E-state index contributed by atoms with van der Waals surface area (Å²) in [7, 11) is 1.95. The SMILES string of the molecule is Cc1ncsc1CN(C)c1cc(CO)c(Cl)cn1. The van der Waals surface area contributed by atoms with E-state index < -0.39 is 0 Å². The van der Waals surface area contributed by atoms with Gasteiger partial charge in [0.25, 0.3) is 0 Å². The molecule has 6 heteroatoms. The van der Waals surface area contributed by atoms with Crippen molar-refractivity contribution in [2.24, 2.45) is 0 Å². The number of aliphatic hydroxyl groups is 1. The topological polar surface area (TPSA) is 49.2 Å². The lowest BCUT2D eigenvalue weighted by Gasteiger charge is -2.18. The lowest BCUT2D eigenvalue weighted by molar-refractivity contribution is 0.282. The highest BCUT2D eigenvalue weighted by Crippen LogP contribution is 2.22. The van der Waals surface area contributed by atoms with Crippen LogP contribution in [0, 0.1) is 6.92 Å². The molecule has 0 aromatic carbocycles. The summed E-state index contributed by atoms with van der Waals surface area (Å²) >= 11 is 7.55. The first-order chi connectivity index (χ1) is 8.61. The molecule has 0 spiro atoms. The Morgan fingerprint density at radius 1 is 1.44 bits per heavy atom. The molecule has 0 atom stereocenters. The highest BCUT2D eigenvalue weighted by atomic mass is 35.5. The third kappa shape index (κ3) is 2.80. The smallest absolute Gasteiger partial charge is 0.129 e.